The maximum absolute atomic E-state index is 11.6. The third-order valence-electron chi connectivity index (χ3n) is 2.46. The average Bonchev–Trinajstić information content (AvgIpc) is 2.83. The number of hydrogen-bond donors (Lipinski definition) is 2. The van der Waals surface area contributed by atoms with Gasteiger partial charge in [-0.1, -0.05) is 23.7 Å². The summed E-state index contributed by atoms with van der Waals surface area (Å²) in [7, 11) is 0. The van der Waals surface area contributed by atoms with Gasteiger partial charge >= 0.3 is 0 Å². The largest absolute Gasteiger partial charge is 0.460 e. The molecule has 0 atom stereocenters. The topological polar surface area (TPSA) is 66.6 Å². The Morgan fingerprint density at radius 3 is 2.85 bits per heavy atom. The molecule has 0 aliphatic rings. The molecule has 2 aromatic rings. The summed E-state index contributed by atoms with van der Waals surface area (Å²) in [5.74, 6) is 1.10. The Bertz CT molecular complexity index is 622. The van der Waals surface area contributed by atoms with Gasteiger partial charge in [-0.2, -0.15) is 5.10 Å². The van der Waals surface area contributed by atoms with Crippen molar-refractivity contribution in [2.75, 3.05) is 11.9 Å². The second-order valence-electron chi connectivity index (χ2n) is 4.07. The van der Waals surface area contributed by atoms with Crippen molar-refractivity contribution >= 4 is 29.4 Å². The molecule has 0 aliphatic carbocycles. The summed E-state index contributed by atoms with van der Waals surface area (Å²) in [5, 5.41) is 7.29. The Hall–Kier alpha value is -2.27. The van der Waals surface area contributed by atoms with Gasteiger partial charge in [0.2, 0.25) is 0 Å². The Balaban J connectivity index is 1.78. The first-order chi connectivity index (χ1) is 9.65. The normalized spacial score (nSPS) is 10.7. The molecule has 1 aromatic heterocycles. The summed E-state index contributed by atoms with van der Waals surface area (Å²) in [6, 6.07) is 10.8. The van der Waals surface area contributed by atoms with E-state index < -0.39 is 0 Å². The Morgan fingerprint density at radius 1 is 1.35 bits per heavy atom. The van der Waals surface area contributed by atoms with Crippen molar-refractivity contribution in [3.8, 4) is 0 Å². The number of amides is 1. The maximum Gasteiger partial charge on any atom is 0.259 e. The van der Waals surface area contributed by atoms with Crippen molar-refractivity contribution in [1.29, 1.82) is 0 Å². The number of furan rings is 1. The molecule has 0 fully saturated rings. The number of rotatable bonds is 5. The molecule has 20 heavy (non-hydrogen) atoms. The Labute approximate surface area is 121 Å². The molecule has 0 unspecified atom stereocenters. The molecule has 2 N–H and O–H groups in total. The van der Waals surface area contributed by atoms with Crippen LogP contribution in [0.5, 0.6) is 0 Å². The zero-order valence-corrected chi connectivity index (χ0v) is 11.6. The van der Waals surface area contributed by atoms with Crippen molar-refractivity contribution in [3.63, 3.8) is 0 Å². The van der Waals surface area contributed by atoms with E-state index >= 15 is 0 Å². The maximum atomic E-state index is 11.6. The van der Waals surface area contributed by atoms with Crippen LogP contribution in [0.4, 0.5) is 5.69 Å². The number of aryl methyl sites for hydroxylation is 1. The highest BCUT2D eigenvalue weighted by Crippen LogP contribution is 2.19. The first-order valence-electron chi connectivity index (χ1n) is 6.02. The first kappa shape index (κ1) is 14.1. The zero-order chi connectivity index (χ0) is 14.4. The van der Waals surface area contributed by atoms with Gasteiger partial charge in [-0.25, -0.2) is 5.43 Å². The molecule has 0 saturated carbocycles. The minimum atomic E-state index is -0.274. The molecule has 1 amide bonds. The molecule has 1 aromatic carbocycles. The second kappa shape index (κ2) is 6.77. The molecule has 2 rings (SSSR count). The van der Waals surface area contributed by atoms with E-state index in [4.69, 9.17) is 16.0 Å². The highest BCUT2D eigenvalue weighted by atomic mass is 35.5. The van der Waals surface area contributed by atoms with Crippen molar-refractivity contribution in [1.82, 2.24) is 5.43 Å². The van der Waals surface area contributed by atoms with Crippen molar-refractivity contribution in [3.05, 3.63) is 52.9 Å². The fourth-order valence-corrected chi connectivity index (χ4v) is 1.71. The lowest BCUT2D eigenvalue weighted by atomic mass is 10.3. The number of hydrazone groups is 1. The van der Waals surface area contributed by atoms with E-state index in [1.165, 1.54) is 6.21 Å². The zero-order valence-electron chi connectivity index (χ0n) is 10.9. The van der Waals surface area contributed by atoms with Gasteiger partial charge in [0.15, 0.2) is 0 Å². The van der Waals surface area contributed by atoms with Crippen LogP contribution in [0.2, 0.25) is 5.02 Å². The van der Waals surface area contributed by atoms with Gasteiger partial charge in [0.05, 0.1) is 23.5 Å². The summed E-state index contributed by atoms with van der Waals surface area (Å²) < 4.78 is 5.28. The molecule has 5 nitrogen and oxygen atoms in total. The molecule has 0 aliphatic heterocycles. The van der Waals surface area contributed by atoms with Crippen LogP contribution in [0.1, 0.15) is 11.5 Å². The van der Waals surface area contributed by atoms with Crippen molar-refractivity contribution < 1.29 is 9.21 Å². The minimum Gasteiger partial charge on any atom is -0.460 e. The van der Waals surface area contributed by atoms with Crippen molar-refractivity contribution in [2.45, 2.75) is 6.92 Å². The van der Waals surface area contributed by atoms with E-state index in [9.17, 15) is 4.79 Å². The predicted octanol–water partition coefficient (Wildman–Crippen LogP) is 2.80. The summed E-state index contributed by atoms with van der Waals surface area (Å²) in [6.07, 6.45) is 1.44. The predicted molar refractivity (Wildman–Crippen MR) is 79.1 cm³/mol. The average molecular weight is 292 g/mol. The Kier molecular flexibility index (Phi) is 4.79. The van der Waals surface area contributed by atoms with Gasteiger partial charge in [-0.05, 0) is 31.2 Å². The minimum absolute atomic E-state index is 0.0816. The van der Waals surface area contributed by atoms with Gasteiger partial charge in [0.25, 0.3) is 5.91 Å². The van der Waals surface area contributed by atoms with Gasteiger partial charge < -0.3 is 9.73 Å². The van der Waals surface area contributed by atoms with Crippen LogP contribution in [-0.2, 0) is 4.79 Å². The van der Waals surface area contributed by atoms with E-state index in [0.717, 1.165) is 5.76 Å². The standard InChI is InChI=1S/C14H14ClN3O2/c1-10-6-7-11(20-10)8-17-18-14(19)9-16-13-5-3-2-4-12(13)15/h2-8,16H,9H2,1H3,(H,18,19)/b17-8-. The number of nitrogens with zero attached hydrogens (tertiary/aromatic N) is 1. The van der Waals surface area contributed by atoms with Crippen LogP contribution >= 0.6 is 11.6 Å². The highest BCUT2D eigenvalue weighted by Gasteiger charge is 2.02. The summed E-state index contributed by atoms with van der Waals surface area (Å²) >= 11 is 5.96. The van der Waals surface area contributed by atoms with Crippen LogP contribution in [0.15, 0.2) is 45.9 Å². The first-order valence-corrected chi connectivity index (χ1v) is 6.39. The molecule has 1 heterocycles. The summed E-state index contributed by atoms with van der Waals surface area (Å²) in [5.41, 5.74) is 3.10. The number of benzene rings is 1. The lowest BCUT2D eigenvalue weighted by molar-refractivity contribution is -0.119. The third-order valence-corrected chi connectivity index (χ3v) is 2.79. The quantitative estimate of drug-likeness (QED) is 0.657. The molecule has 6 heteroatoms. The number of carbonyl (C=O) groups excluding carboxylic acids is 1. The lowest BCUT2D eigenvalue weighted by Crippen LogP contribution is -2.25. The van der Waals surface area contributed by atoms with Gasteiger partial charge in [-0.15, -0.1) is 0 Å². The van der Waals surface area contributed by atoms with Crippen LogP contribution in [-0.4, -0.2) is 18.7 Å². The van der Waals surface area contributed by atoms with Gasteiger partial charge in [-0.3, -0.25) is 4.79 Å². The van der Waals surface area contributed by atoms with E-state index in [2.05, 4.69) is 15.8 Å². The summed E-state index contributed by atoms with van der Waals surface area (Å²) in [6.45, 7) is 1.92. The molecule has 0 saturated heterocycles. The highest BCUT2D eigenvalue weighted by molar-refractivity contribution is 6.33. The van der Waals surface area contributed by atoms with Gasteiger partial charge in [0.1, 0.15) is 11.5 Å². The van der Waals surface area contributed by atoms with Gasteiger partial charge in [0, 0.05) is 0 Å². The molecule has 104 valence electrons. The second-order valence-corrected chi connectivity index (χ2v) is 4.48. The number of halogens is 1. The van der Waals surface area contributed by atoms with Crippen LogP contribution < -0.4 is 10.7 Å². The fourth-order valence-electron chi connectivity index (χ4n) is 1.51. The number of anilines is 1. The van der Waals surface area contributed by atoms with Crippen molar-refractivity contribution in [2.24, 2.45) is 5.10 Å². The van der Waals surface area contributed by atoms with Crippen LogP contribution in [0.3, 0.4) is 0 Å². The molecule has 0 radical (unpaired) electrons. The van der Waals surface area contributed by atoms with E-state index in [1.807, 2.05) is 25.1 Å². The number of carbonyl (C=O) groups is 1. The lowest BCUT2D eigenvalue weighted by Gasteiger charge is -2.06. The number of nitrogens with one attached hydrogen (secondary N) is 2. The number of para-hydroxylation sites is 1. The van der Waals surface area contributed by atoms with Crippen LogP contribution in [0, 0.1) is 6.92 Å². The fraction of sp³-hybridized carbons (Fsp3) is 0.143. The SMILES string of the molecule is Cc1ccc(/C=N\NC(=O)CNc2ccccc2Cl)o1. The van der Waals surface area contributed by atoms with E-state index in [0.29, 0.717) is 16.5 Å². The smallest absolute Gasteiger partial charge is 0.259 e. The number of hydrogen-bond acceptors (Lipinski definition) is 4. The van der Waals surface area contributed by atoms with Crippen LogP contribution in [0.25, 0.3) is 0 Å². The summed E-state index contributed by atoms with van der Waals surface area (Å²) in [4.78, 5) is 11.6. The molecular formula is C14H14ClN3O2. The molecular weight excluding hydrogens is 278 g/mol. The van der Waals surface area contributed by atoms with E-state index in [1.54, 1.807) is 18.2 Å². The third kappa shape index (κ3) is 4.13. The molecule has 0 bridgehead atoms. The monoisotopic (exact) mass is 291 g/mol. The van der Waals surface area contributed by atoms with E-state index in [-0.39, 0.29) is 12.5 Å². The Morgan fingerprint density at radius 2 is 2.15 bits per heavy atom. The molecule has 0 spiro atoms.